The van der Waals surface area contributed by atoms with Gasteiger partial charge in [-0.1, -0.05) is 18.2 Å². The second-order valence-corrected chi connectivity index (χ2v) is 6.15. The van der Waals surface area contributed by atoms with Crippen molar-refractivity contribution in [2.75, 3.05) is 25.5 Å². The molecule has 0 aliphatic carbocycles. The van der Waals surface area contributed by atoms with Gasteiger partial charge in [-0.25, -0.2) is 9.80 Å². The molecule has 1 aliphatic heterocycles. The summed E-state index contributed by atoms with van der Waals surface area (Å²) in [4.78, 5) is 36.5. The first-order chi connectivity index (χ1) is 13.0. The van der Waals surface area contributed by atoms with Crippen LogP contribution in [0.1, 0.15) is 33.2 Å². The van der Waals surface area contributed by atoms with Crippen LogP contribution in [0.3, 0.4) is 0 Å². The molecule has 2 aromatic carbocycles. The maximum absolute atomic E-state index is 12.4. The molecule has 0 unspecified atom stereocenters. The largest absolute Gasteiger partial charge is 0.462 e. The van der Waals surface area contributed by atoms with Crippen LogP contribution >= 0.6 is 0 Å². The Morgan fingerprint density at radius 3 is 2.52 bits per heavy atom. The molecule has 3 rings (SSSR count). The number of hydrogen-bond donors (Lipinski definition) is 1. The van der Waals surface area contributed by atoms with Gasteiger partial charge in [-0.2, -0.15) is 0 Å². The summed E-state index contributed by atoms with van der Waals surface area (Å²) in [5.41, 5.74) is 2.55. The molecule has 1 heterocycles. The van der Waals surface area contributed by atoms with Gasteiger partial charge in [0.05, 0.1) is 18.7 Å². The van der Waals surface area contributed by atoms with Gasteiger partial charge in [-0.15, -0.1) is 0 Å². The van der Waals surface area contributed by atoms with Gasteiger partial charge in [0, 0.05) is 24.8 Å². The topological polar surface area (TPSA) is 79.0 Å². The summed E-state index contributed by atoms with van der Waals surface area (Å²) in [5.74, 6) is -0.788. The highest BCUT2D eigenvalue weighted by molar-refractivity contribution is 5.97. The number of rotatable bonds is 5. The molecular formula is C20H21N3O4. The molecule has 2 amide bonds. The van der Waals surface area contributed by atoms with Gasteiger partial charge in [-0.05, 0) is 42.8 Å². The van der Waals surface area contributed by atoms with E-state index in [0.717, 1.165) is 5.56 Å². The molecule has 140 valence electrons. The third-order valence-corrected chi connectivity index (χ3v) is 4.32. The zero-order chi connectivity index (χ0) is 19.4. The summed E-state index contributed by atoms with van der Waals surface area (Å²) >= 11 is 0. The van der Waals surface area contributed by atoms with Crippen LogP contribution in [0, 0.1) is 0 Å². The van der Waals surface area contributed by atoms with E-state index < -0.39 is 5.97 Å². The second-order valence-electron chi connectivity index (χ2n) is 6.15. The van der Waals surface area contributed by atoms with Gasteiger partial charge in [0.2, 0.25) is 5.91 Å². The third-order valence-electron chi connectivity index (χ3n) is 4.32. The normalized spacial score (nSPS) is 13.9. The van der Waals surface area contributed by atoms with Crippen molar-refractivity contribution in [2.45, 2.75) is 13.5 Å². The molecule has 2 aromatic rings. The van der Waals surface area contributed by atoms with Crippen molar-refractivity contribution in [3.05, 3.63) is 65.2 Å². The maximum Gasteiger partial charge on any atom is 0.338 e. The first-order valence-corrected chi connectivity index (χ1v) is 8.67. The van der Waals surface area contributed by atoms with E-state index in [-0.39, 0.29) is 18.4 Å². The van der Waals surface area contributed by atoms with E-state index in [4.69, 9.17) is 4.74 Å². The molecule has 0 saturated heterocycles. The first kappa shape index (κ1) is 18.6. The lowest BCUT2D eigenvalue weighted by Gasteiger charge is -2.36. The Morgan fingerprint density at radius 1 is 1.11 bits per heavy atom. The Hall–Kier alpha value is -3.19. The predicted molar refractivity (Wildman–Crippen MR) is 100.0 cm³/mol. The van der Waals surface area contributed by atoms with Crippen molar-refractivity contribution in [1.82, 2.24) is 10.0 Å². The number of anilines is 1. The third kappa shape index (κ3) is 4.15. The average molecular weight is 367 g/mol. The molecular weight excluding hydrogens is 346 g/mol. The van der Waals surface area contributed by atoms with Gasteiger partial charge in [0.15, 0.2) is 0 Å². The molecule has 0 spiro atoms. The van der Waals surface area contributed by atoms with E-state index in [2.05, 4.69) is 5.32 Å². The maximum atomic E-state index is 12.4. The highest BCUT2D eigenvalue weighted by Gasteiger charge is 2.28. The van der Waals surface area contributed by atoms with E-state index in [9.17, 15) is 14.4 Å². The second kappa shape index (κ2) is 8.01. The van der Waals surface area contributed by atoms with Crippen LogP contribution < -0.4 is 5.32 Å². The van der Waals surface area contributed by atoms with Crippen LogP contribution in [0.4, 0.5) is 5.69 Å². The number of carbonyl (C=O) groups is 3. The minimum Gasteiger partial charge on any atom is -0.462 e. The molecule has 1 aliphatic rings. The lowest BCUT2D eigenvalue weighted by atomic mass is 10.0. The van der Waals surface area contributed by atoms with E-state index >= 15 is 0 Å². The summed E-state index contributed by atoms with van der Waals surface area (Å²) in [6.45, 7) is 2.57. The summed E-state index contributed by atoms with van der Waals surface area (Å²) in [5, 5.41) is 5.93. The SMILES string of the molecule is CCOC(=O)c1ccc(NC(=O)CN2Cc3ccccc3C(=O)N2C)cc1. The van der Waals surface area contributed by atoms with Crippen molar-refractivity contribution in [3.8, 4) is 0 Å². The number of hydrogen-bond acceptors (Lipinski definition) is 5. The molecule has 1 N–H and O–H groups in total. The van der Waals surface area contributed by atoms with Crippen molar-refractivity contribution >= 4 is 23.5 Å². The molecule has 0 fully saturated rings. The Kier molecular flexibility index (Phi) is 5.52. The lowest BCUT2D eigenvalue weighted by molar-refractivity contribution is -0.121. The van der Waals surface area contributed by atoms with Crippen LogP contribution in [-0.4, -0.2) is 48.0 Å². The van der Waals surface area contributed by atoms with E-state index in [0.29, 0.717) is 30.0 Å². The number of ether oxygens (including phenoxy) is 1. The molecule has 0 aromatic heterocycles. The monoisotopic (exact) mass is 367 g/mol. The van der Waals surface area contributed by atoms with Gasteiger partial charge in [0.25, 0.3) is 5.91 Å². The number of hydrazine groups is 1. The van der Waals surface area contributed by atoms with Crippen molar-refractivity contribution in [3.63, 3.8) is 0 Å². The van der Waals surface area contributed by atoms with Gasteiger partial charge >= 0.3 is 5.97 Å². The zero-order valence-electron chi connectivity index (χ0n) is 15.3. The number of benzene rings is 2. The van der Waals surface area contributed by atoms with E-state index in [1.807, 2.05) is 18.2 Å². The minimum atomic E-state index is -0.400. The van der Waals surface area contributed by atoms with Crippen LogP contribution in [0.15, 0.2) is 48.5 Å². The number of amides is 2. The van der Waals surface area contributed by atoms with Gasteiger partial charge in [-0.3, -0.25) is 14.6 Å². The van der Waals surface area contributed by atoms with Crippen LogP contribution in [0.2, 0.25) is 0 Å². The molecule has 7 heteroatoms. The summed E-state index contributed by atoms with van der Waals surface area (Å²) in [6.07, 6.45) is 0. The molecule has 0 saturated carbocycles. The molecule has 0 atom stereocenters. The fraction of sp³-hybridized carbons (Fsp3) is 0.250. The Morgan fingerprint density at radius 2 is 1.81 bits per heavy atom. The molecule has 0 bridgehead atoms. The molecule has 7 nitrogen and oxygen atoms in total. The Balaban J connectivity index is 1.63. The standard InChI is InChI=1S/C20H21N3O4/c1-3-27-20(26)14-8-10-16(11-9-14)21-18(24)13-23-12-15-6-4-5-7-17(15)19(25)22(23)2/h4-11H,3,12-13H2,1-2H3,(H,21,24). The molecule has 0 radical (unpaired) electrons. The van der Waals surface area contributed by atoms with Crippen molar-refractivity contribution in [1.29, 1.82) is 0 Å². The summed E-state index contributed by atoms with van der Waals surface area (Å²) in [7, 11) is 1.65. The fourth-order valence-corrected chi connectivity index (χ4v) is 2.90. The van der Waals surface area contributed by atoms with E-state index in [1.54, 1.807) is 49.3 Å². The van der Waals surface area contributed by atoms with Gasteiger partial charge in [0.1, 0.15) is 0 Å². The minimum absolute atomic E-state index is 0.0379. The predicted octanol–water partition coefficient (Wildman–Crippen LogP) is 2.30. The smallest absolute Gasteiger partial charge is 0.338 e. The Bertz CT molecular complexity index is 864. The number of nitrogens with one attached hydrogen (secondary N) is 1. The quantitative estimate of drug-likeness (QED) is 0.821. The number of nitrogens with zero attached hydrogens (tertiary/aromatic N) is 2. The first-order valence-electron chi connectivity index (χ1n) is 8.67. The van der Waals surface area contributed by atoms with Crippen LogP contribution in [0.5, 0.6) is 0 Å². The zero-order valence-corrected chi connectivity index (χ0v) is 15.3. The fourth-order valence-electron chi connectivity index (χ4n) is 2.90. The summed E-state index contributed by atoms with van der Waals surface area (Å²) in [6, 6.07) is 13.9. The van der Waals surface area contributed by atoms with Crippen LogP contribution in [0.25, 0.3) is 0 Å². The number of carbonyl (C=O) groups excluding carboxylic acids is 3. The van der Waals surface area contributed by atoms with E-state index in [1.165, 1.54) is 5.01 Å². The van der Waals surface area contributed by atoms with Crippen molar-refractivity contribution in [2.24, 2.45) is 0 Å². The lowest BCUT2D eigenvalue weighted by Crippen LogP contribution is -2.50. The number of esters is 1. The Labute approximate surface area is 157 Å². The summed E-state index contributed by atoms with van der Waals surface area (Å²) < 4.78 is 4.93. The average Bonchev–Trinajstić information content (AvgIpc) is 2.66. The highest BCUT2D eigenvalue weighted by atomic mass is 16.5. The molecule has 27 heavy (non-hydrogen) atoms. The van der Waals surface area contributed by atoms with Crippen molar-refractivity contribution < 1.29 is 19.1 Å². The number of fused-ring (bicyclic) bond motifs is 1. The van der Waals surface area contributed by atoms with Crippen LogP contribution in [-0.2, 0) is 16.1 Å². The highest BCUT2D eigenvalue weighted by Crippen LogP contribution is 2.21. The van der Waals surface area contributed by atoms with Gasteiger partial charge < -0.3 is 10.1 Å².